The summed E-state index contributed by atoms with van der Waals surface area (Å²) in [5.41, 5.74) is 3.26. The third-order valence-corrected chi connectivity index (χ3v) is 6.73. The zero-order chi connectivity index (χ0) is 23.8. The highest BCUT2D eigenvalue weighted by atomic mass is 127. The average molecular weight is 564 g/mol. The van der Waals surface area contributed by atoms with Crippen molar-refractivity contribution < 1.29 is 19.0 Å². The lowest BCUT2D eigenvalue weighted by Crippen LogP contribution is -2.41. The first-order chi connectivity index (χ1) is 15.7. The molecule has 1 aliphatic heterocycles. The quantitative estimate of drug-likeness (QED) is 0.430. The molecular weight excluding hydrogens is 535 g/mol. The first kappa shape index (κ1) is 23.6. The fourth-order valence-corrected chi connectivity index (χ4v) is 4.85. The van der Waals surface area contributed by atoms with E-state index in [1.54, 1.807) is 19.1 Å². The molecule has 0 aliphatic carbocycles. The minimum atomic E-state index is -0.487. The molecular formula is C24H29IN4O4. The zero-order valence-corrected chi connectivity index (χ0v) is 21.7. The van der Waals surface area contributed by atoms with Gasteiger partial charge in [-0.15, -0.1) is 0 Å². The highest BCUT2D eigenvalue weighted by Crippen LogP contribution is 2.36. The molecule has 33 heavy (non-hydrogen) atoms. The number of carbonyl (C=O) groups is 1. The average Bonchev–Trinajstić information content (AvgIpc) is 3.13. The molecule has 8 nitrogen and oxygen atoms in total. The number of fused-ring (bicyclic) bond motifs is 1. The molecule has 1 saturated heterocycles. The van der Waals surface area contributed by atoms with Gasteiger partial charge < -0.3 is 24.1 Å². The van der Waals surface area contributed by atoms with Crippen LogP contribution in [0.3, 0.4) is 0 Å². The molecule has 0 saturated carbocycles. The second kappa shape index (κ2) is 9.36. The van der Waals surface area contributed by atoms with Crippen molar-refractivity contribution in [2.75, 3.05) is 27.3 Å². The van der Waals surface area contributed by atoms with E-state index in [4.69, 9.17) is 19.2 Å². The van der Waals surface area contributed by atoms with Crippen molar-refractivity contribution >= 4 is 39.7 Å². The normalized spacial score (nSPS) is 15.0. The number of nitrogens with one attached hydrogen (secondary N) is 1. The topological polar surface area (TPSA) is 89.6 Å². The lowest BCUT2D eigenvalue weighted by molar-refractivity contribution is 0.0203. The standard InChI is InChI=1S/C24H29IN4O4/c1-24(2,3)33-23(30)29-10-8-14(9-11-29)22-26-13-16-21(28-22)19(25)20(27-16)15-6-7-17(31-4)18(12-15)32-5/h6-7,12-14,27H,8-11H2,1-5H3. The van der Waals surface area contributed by atoms with E-state index in [0.717, 1.165) is 44.5 Å². The first-order valence-corrected chi connectivity index (χ1v) is 12.0. The lowest BCUT2D eigenvalue weighted by Gasteiger charge is -2.32. The molecule has 1 fully saturated rings. The van der Waals surface area contributed by atoms with Crippen molar-refractivity contribution in [3.63, 3.8) is 0 Å². The van der Waals surface area contributed by atoms with Gasteiger partial charge in [0.1, 0.15) is 16.9 Å². The van der Waals surface area contributed by atoms with Crippen molar-refractivity contribution in [3.05, 3.63) is 33.8 Å². The van der Waals surface area contributed by atoms with Gasteiger partial charge in [0.15, 0.2) is 11.5 Å². The van der Waals surface area contributed by atoms with Crippen LogP contribution in [0.5, 0.6) is 11.5 Å². The highest BCUT2D eigenvalue weighted by molar-refractivity contribution is 14.1. The maximum atomic E-state index is 12.4. The van der Waals surface area contributed by atoms with Gasteiger partial charge in [-0.05, 0) is 74.4 Å². The van der Waals surface area contributed by atoms with Crippen LogP contribution < -0.4 is 9.47 Å². The van der Waals surface area contributed by atoms with Crippen molar-refractivity contribution in [2.45, 2.75) is 45.1 Å². The second-order valence-electron chi connectivity index (χ2n) is 9.12. The molecule has 0 atom stereocenters. The summed E-state index contributed by atoms with van der Waals surface area (Å²) in [6, 6.07) is 5.84. The summed E-state index contributed by atoms with van der Waals surface area (Å²) in [6.07, 6.45) is 3.23. The number of methoxy groups -OCH3 is 2. The van der Waals surface area contributed by atoms with Gasteiger partial charge in [0, 0.05) is 24.6 Å². The molecule has 4 rings (SSSR count). The number of amides is 1. The highest BCUT2D eigenvalue weighted by Gasteiger charge is 2.29. The molecule has 1 aromatic carbocycles. The molecule has 1 amide bonds. The minimum absolute atomic E-state index is 0.211. The van der Waals surface area contributed by atoms with E-state index >= 15 is 0 Å². The van der Waals surface area contributed by atoms with Crippen LogP contribution in [0, 0.1) is 3.57 Å². The number of aromatic amines is 1. The Hall–Kier alpha value is -2.56. The summed E-state index contributed by atoms with van der Waals surface area (Å²) in [7, 11) is 3.25. The number of ether oxygens (including phenoxy) is 3. The van der Waals surface area contributed by atoms with Crippen LogP contribution in [0.25, 0.3) is 22.3 Å². The number of rotatable bonds is 4. The number of piperidine rings is 1. The summed E-state index contributed by atoms with van der Waals surface area (Å²) in [4.78, 5) is 27.1. The van der Waals surface area contributed by atoms with Gasteiger partial charge in [-0.3, -0.25) is 0 Å². The largest absolute Gasteiger partial charge is 0.493 e. The van der Waals surface area contributed by atoms with E-state index in [1.807, 2.05) is 45.2 Å². The predicted octanol–water partition coefficient (Wildman–Crippen LogP) is 5.36. The number of carbonyl (C=O) groups excluding carboxylic acids is 1. The number of halogens is 1. The molecule has 9 heteroatoms. The zero-order valence-electron chi connectivity index (χ0n) is 19.6. The van der Waals surface area contributed by atoms with Crippen molar-refractivity contribution in [1.82, 2.24) is 19.9 Å². The van der Waals surface area contributed by atoms with Crippen molar-refractivity contribution in [3.8, 4) is 22.8 Å². The minimum Gasteiger partial charge on any atom is -0.493 e. The van der Waals surface area contributed by atoms with E-state index in [1.165, 1.54) is 0 Å². The van der Waals surface area contributed by atoms with Gasteiger partial charge in [-0.2, -0.15) is 0 Å². The fraction of sp³-hybridized carbons (Fsp3) is 0.458. The van der Waals surface area contributed by atoms with Crippen LogP contribution in [0.4, 0.5) is 4.79 Å². The molecule has 0 bridgehead atoms. The van der Waals surface area contributed by atoms with Crippen LogP contribution in [-0.2, 0) is 4.74 Å². The Balaban J connectivity index is 1.54. The second-order valence-corrected chi connectivity index (χ2v) is 10.2. The van der Waals surface area contributed by atoms with E-state index in [-0.39, 0.29) is 12.0 Å². The van der Waals surface area contributed by atoms with Gasteiger partial charge in [0.25, 0.3) is 0 Å². The Morgan fingerprint density at radius 2 is 1.85 bits per heavy atom. The summed E-state index contributed by atoms with van der Waals surface area (Å²) in [5, 5.41) is 0. The molecule has 0 radical (unpaired) electrons. The van der Waals surface area contributed by atoms with Crippen molar-refractivity contribution in [2.24, 2.45) is 0 Å². The van der Waals surface area contributed by atoms with Gasteiger partial charge in [-0.1, -0.05) is 0 Å². The van der Waals surface area contributed by atoms with E-state index in [9.17, 15) is 4.79 Å². The number of nitrogens with zero attached hydrogens (tertiary/aromatic N) is 3. The van der Waals surface area contributed by atoms with Gasteiger partial charge in [0.05, 0.1) is 35.2 Å². The Kier molecular flexibility index (Phi) is 6.69. The van der Waals surface area contributed by atoms with E-state index in [0.29, 0.717) is 24.6 Å². The maximum absolute atomic E-state index is 12.4. The van der Waals surface area contributed by atoms with Crippen LogP contribution in [0.15, 0.2) is 24.4 Å². The Morgan fingerprint density at radius 1 is 1.15 bits per heavy atom. The Bertz CT molecular complexity index is 1160. The third-order valence-electron chi connectivity index (χ3n) is 5.68. The van der Waals surface area contributed by atoms with E-state index in [2.05, 4.69) is 32.6 Å². The predicted molar refractivity (Wildman–Crippen MR) is 135 cm³/mol. The lowest BCUT2D eigenvalue weighted by atomic mass is 9.96. The summed E-state index contributed by atoms with van der Waals surface area (Å²) >= 11 is 2.33. The first-order valence-electron chi connectivity index (χ1n) is 10.9. The number of H-pyrrole nitrogens is 1. The molecule has 2 aromatic heterocycles. The van der Waals surface area contributed by atoms with Crippen LogP contribution in [-0.4, -0.2) is 58.9 Å². The molecule has 0 unspecified atom stereocenters. The molecule has 3 heterocycles. The van der Waals surface area contributed by atoms with Crippen molar-refractivity contribution in [1.29, 1.82) is 0 Å². The number of aromatic nitrogens is 3. The number of likely N-dealkylation sites (tertiary alicyclic amines) is 1. The SMILES string of the molecule is COc1ccc(-c2[nH]c3cnc(C4CCN(C(=O)OC(C)(C)C)CC4)nc3c2I)cc1OC. The molecule has 176 valence electrons. The number of benzene rings is 1. The Morgan fingerprint density at radius 3 is 2.48 bits per heavy atom. The van der Waals surface area contributed by atoms with E-state index < -0.39 is 5.60 Å². The van der Waals surface area contributed by atoms with Gasteiger partial charge in [0.2, 0.25) is 0 Å². The summed E-state index contributed by atoms with van der Waals surface area (Å²) < 4.78 is 17.3. The molecule has 3 aromatic rings. The Labute approximate surface area is 207 Å². The molecule has 1 N–H and O–H groups in total. The van der Waals surface area contributed by atoms with Crippen LogP contribution in [0.1, 0.15) is 45.4 Å². The summed E-state index contributed by atoms with van der Waals surface area (Å²) in [6.45, 7) is 6.94. The molecule has 0 spiro atoms. The van der Waals surface area contributed by atoms with Crippen LogP contribution >= 0.6 is 22.6 Å². The number of hydrogen-bond acceptors (Lipinski definition) is 6. The third kappa shape index (κ3) is 5.02. The van der Waals surface area contributed by atoms with Gasteiger partial charge in [-0.25, -0.2) is 14.8 Å². The van der Waals surface area contributed by atoms with Gasteiger partial charge >= 0.3 is 6.09 Å². The maximum Gasteiger partial charge on any atom is 0.410 e. The number of hydrogen-bond donors (Lipinski definition) is 1. The fourth-order valence-electron chi connectivity index (χ4n) is 4.00. The monoisotopic (exact) mass is 564 g/mol. The summed E-state index contributed by atoms with van der Waals surface area (Å²) in [5.74, 6) is 2.39. The van der Waals surface area contributed by atoms with Crippen LogP contribution in [0.2, 0.25) is 0 Å². The smallest absolute Gasteiger partial charge is 0.410 e. The molecule has 1 aliphatic rings.